The monoisotopic (exact) mass is 742 g/mol. The maximum absolute atomic E-state index is 6.44. The minimum absolute atomic E-state index is 0.864. The van der Waals surface area contributed by atoms with Crippen LogP contribution >= 0.6 is 0 Å². The number of fused-ring (bicyclic) bond motifs is 8. The van der Waals surface area contributed by atoms with E-state index in [9.17, 15) is 0 Å². The number of para-hydroxylation sites is 6. The van der Waals surface area contributed by atoms with E-state index in [0.29, 0.717) is 0 Å². The minimum Gasteiger partial charge on any atom is -0.455 e. The van der Waals surface area contributed by atoms with E-state index in [2.05, 4.69) is 191 Å². The maximum Gasteiger partial charge on any atom is 0.152 e. The summed E-state index contributed by atoms with van der Waals surface area (Å²) in [6.45, 7) is 0. The van der Waals surface area contributed by atoms with Crippen molar-refractivity contribution in [2.75, 3.05) is 4.90 Å². The van der Waals surface area contributed by atoms with Crippen molar-refractivity contribution in [1.82, 2.24) is 4.57 Å². The number of rotatable bonds is 6. The van der Waals surface area contributed by atoms with Crippen molar-refractivity contribution in [1.29, 1.82) is 0 Å². The predicted octanol–water partition coefficient (Wildman–Crippen LogP) is 15.3. The van der Waals surface area contributed by atoms with Gasteiger partial charge < -0.3 is 18.6 Å². The Morgan fingerprint density at radius 3 is 1.88 bits per heavy atom. The molecule has 272 valence electrons. The topological polar surface area (TPSA) is 30.5 Å². The Labute approximate surface area is 335 Å². The number of hydrogen-bond donors (Lipinski definition) is 0. The van der Waals surface area contributed by atoms with E-state index in [1.54, 1.807) is 0 Å². The lowest BCUT2D eigenvalue weighted by Gasteiger charge is -2.28. The lowest BCUT2D eigenvalue weighted by atomic mass is 9.98. The van der Waals surface area contributed by atoms with E-state index in [1.807, 2.05) is 24.3 Å². The summed E-state index contributed by atoms with van der Waals surface area (Å²) in [5.74, 6) is 1.74. The predicted molar refractivity (Wildman–Crippen MR) is 239 cm³/mol. The van der Waals surface area contributed by atoms with Crippen LogP contribution in [0.15, 0.2) is 211 Å². The summed E-state index contributed by atoms with van der Waals surface area (Å²) >= 11 is 0. The van der Waals surface area contributed by atoms with Gasteiger partial charge in [-0.3, -0.25) is 0 Å². The van der Waals surface area contributed by atoms with Crippen LogP contribution in [-0.4, -0.2) is 4.57 Å². The first kappa shape index (κ1) is 32.4. The van der Waals surface area contributed by atoms with Gasteiger partial charge in [0.1, 0.15) is 11.2 Å². The lowest BCUT2D eigenvalue weighted by molar-refractivity contribution is 0.476. The average molecular weight is 743 g/mol. The minimum atomic E-state index is 0.864. The lowest BCUT2D eigenvalue weighted by Crippen LogP contribution is -2.11. The van der Waals surface area contributed by atoms with Crippen LogP contribution in [0.2, 0.25) is 0 Å². The Balaban J connectivity index is 1.01. The van der Waals surface area contributed by atoms with E-state index in [1.165, 1.54) is 21.9 Å². The number of nitrogens with zero attached hydrogens (tertiary/aromatic N) is 2. The highest BCUT2D eigenvalue weighted by atomic mass is 16.5. The van der Waals surface area contributed by atoms with E-state index < -0.39 is 0 Å². The van der Waals surface area contributed by atoms with Crippen LogP contribution in [0.4, 0.5) is 17.1 Å². The third-order valence-electron chi connectivity index (χ3n) is 11.6. The first-order valence-corrected chi connectivity index (χ1v) is 19.7. The molecule has 1 aliphatic rings. The van der Waals surface area contributed by atoms with Gasteiger partial charge in [-0.1, -0.05) is 140 Å². The molecule has 0 saturated carbocycles. The van der Waals surface area contributed by atoms with Gasteiger partial charge in [-0.2, -0.15) is 0 Å². The molecule has 58 heavy (non-hydrogen) atoms. The van der Waals surface area contributed by atoms with Crippen molar-refractivity contribution in [3.63, 3.8) is 0 Å². The molecule has 11 aromatic rings. The second kappa shape index (κ2) is 12.9. The molecule has 0 N–H and O–H groups in total. The fraction of sp³-hybridized carbons (Fsp3) is 0. The van der Waals surface area contributed by atoms with Gasteiger partial charge in [0, 0.05) is 44.0 Å². The van der Waals surface area contributed by atoms with Crippen LogP contribution in [0.1, 0.15) is 0 Å². The van der Waals surface area contributed by atoms with E-state index >= 15 is 0 Å². The highest BCUT2D eigenvalue weighted by molar-refractivity contribution is 6.13. The molecule has 0 unspecified atom stereocenters. The molecular weight excluding hydrogens is 709 g/mol. The number of aromatic nitrogens is 1. The normalized spacial score (nSPS) is 11.9. The fourth-order valence-electron chi connectivity index (χ4n) is 8.92. The van der Waals surface area contributed by atoms with Crippen LogP contribution in [0.25, 0.3) is 82.8 Å². The van der Waals surface area contributed by atoms with Gasteiger partial charge >= 0.3 is 0 Å². The van der Waals surface area contributed by atoms with Gasteiger partial charge in [-0.25, -0.2) is 0 Å². The Morgan fingerprint density at radius 1 is 0.397 bits per heavy atom. The summed E-state index contributed by atoms with van der Waals surface area (Å²) in [6.07, 6.45) is 0. The third kappa shape index (κ3) is 5.02. The number of furan rings is 1. The molecule has 0 radical (unpaired) electrons. The molecule has 0 atom stereocenters. The molecule has 0 bridgehead atoms. The van der Waals surface area contributed by atoms with Crippen molar-refractivity contribution in [2.24, 2.45) is 0 Å². The second-order valence-electron chi connectivity index (χ2n) is 14.9. The molecule has 0 fully saturated rings. The van der Waals surface area contributed by atoms with Crippen LogP contribution in [0.5, 0.6) is 11.5 Å². The Kier molecular flexibility index (Phi) is 7.20. The van der Waals surface area contributed by atoms with Gasteiger partial charge in [0.05, 0.1) is 22.4 Å². The van der Waals surface area contributed by atoms with Gasteiger partial charge in [-0.05, 0) is 89.0 Å². The maximum atomic E-state index is 6.44. The van der Waals surface area contributed by atoms with E-state index in [0.717, 1.165) is 89.5 Å². The van der Waals surface area contributed by atoms with Crippen LogP contribution in [-0.2, 0) is 0 Å². The molecule has 12 rings (SSSR count). The summed E-state index contributed by atoms with van der Waals surface area (Å²) in [5.41, 5.74) is 15.2. The number of ether oxygens (including phenoxy) is 1. The standard InChI is InChI=1S/C54H34N2O2/c1-2-12-35(13-3-1)36-24-29-39(30-25-36)55(40-31-26-37(27-32-40)42-16-10-18-45-43-15-5-8-21-50(43)58-54(42)45)47-19-6-4-14-41(47)38-28-33-48-46(34-38)44-17-11-23-52-53(44)56(48)49-20-7-9-22-51(49)57-52/h1-34H. The Morgan fingerprint density at radius 2 is 1.02 bits per heavy atom. The molecule has 0 spiro atoms. The van der Waals surface area contributed by atoms with Gasteiger partial charge in [-0.15, -0.1) is 0 Å². The number of hydrogen-bond acceptors (Lipinski definition) is 3. The molecule has 2 aromatic heterocycles. The van der Waals surface area contributed by atoms with Crippen molar-refractivity contribution in [3.05, 3.63) is 206 Å². The van der Waals surface area contributed by atoms with Crippen LogP contribution < -0.4 is 9.64 Å². The largest absolute Gasteiger partial charge is 0.455 e. The molecular formula is C54H34N2O2. The van der Waals surface area contributed by atoms with Gasteiger partial charge in [0.25, 0.3) is 0 Å². The second-order valence-corrected chi connectivity index (χ2v) is 14.9. The summed E-state index contributed by atoms with van der Waals surface area (Å²) in [7, 11) is 0. The van der Waals surface area contributed by atoms with Gasteiger partial charge in [0.15, 0.2) is 11.5 Å². The first-order chi connectivity index (χ1) is 28.8. The molecule has 9 aromatic carbocycles. The Bertz CT molecular complexity index is 3360. The molecule has 0 amide bonds. The van der Waals surface area contributed by atoms with Crippen molar-refractivity contribution in [3.8, 4) is 50.6 Å². The zero-order valence-electron chi connectivity index (χ0n) is 31.3. The molecule has 4 heteroatoms. The van der Waals surface area contributed by atoms with Crippen LogP contribution in [0, 0.1) is 0 Å². The number of anilines is 3. The zero-order valence-corrected chi connectivity index (χ0v) is 31.3. The highest BCUT2D eigenvalue weighted by Gasteiger charge is 2.25. The van der Waals surface area contributed by atoms with Crippen LogP contribution in [0.3, 0.4) is 0 Å². The fourth-order valence-corrected chi connectivity index (χ4v) is 8.92. The molecule has 4 nitrogen and oxygen atoms in total. The Hall–Kier alpha value is -7.82. The first-order valence-electron chi connectivity index (χ1n) is 19.7. The summed E-state index contributed by atoms with van der Waals surface area (Å²) in [5, 5.41) is 4.62. The number of benzene rings is 9. The molecule has 1 aliphatic heterocycles. The highest BCUT2D eigenvalue weighted by Crippen LogP contribution is 2.48. The smallest absolute Gasteiger partial charge is 0.152 e. The van der Waals surface area contributed by atoms with Gasteiger partial charge in [0.2, 0.25) is 0 Å². The van der Waals surface area contributed by atoms with Crippen molar-refractivity contribution >= 4 is 60.8 Å². The quantitative estimate of drug-likeness (QED) is 0.170. The zero-order chi connectivity index (χ0) is 38.2. The molecule has 0 saturated heterocycles. The summed E-state index contributed by atoms with van der Waals surface area (Å²) in [4.78, 5) is 2.37. The average Bonchev–Trinajstić information content (AvgIpc) is 3.84. The van der Waals surface area contributed by atoms with E-state index in [-0.39, 0.29) is 0 Å². The van der Waals surface area contributed by atoms with Crippen molar-refractivity contribution < 1.29 is 9.15 Å². The van der Waals surface area contributed by atoms with Crippen molar-refractivity contribution in [2.45, 2.75) is 0 Å². The summed E-state index contributed by atoms with van der Waals surface area (Å²) < 4.78 is 15.2. The van der Waals surface area contributed by atoms with E-state index in [4.69, 9.17) is 9.15 Å². The SMILES string of the molecule is c1ccc(-c2ccc(N(c3ccc(-c4cccc5c4oc4ccccc45)cc3)c3ccccc3-c3ccc4c(c3)c3cccc5c3n4-c3ccccc3O5)cc2)cc1. The third-order valence-corrected chi connectivity index (χ3v) is 11.6. The molecule has 0 aliphatic carbocycles. The summed E-state index contributed by atoms with van der Waals surface area (Å²) in [6, 6.07) is 73.2. The molecule has 3 heterocycles.